The first-order valence-corrected chi connectivity index (χ1v) is 6.61. The minimum absolute atomic E-state index is 0.254. The minimum atomic E-state index is -0.676. The number of hydrogen-bond acceptors (Lipinski definition) is 3. The Balaban J connectivity index is 1.84. The second kappa shape index (κ2) is 6.00. The molecule has 2 atom stereocenters. The SMILES string of the molecule is CC1CCCN(CCCn2ccnc2)C1C(=O)O. The van der Waals surface area contributed by atoms with E-state index in [9.17, 15) is 9.90 Å². The van der Waals surface area contributed by atoms with Crippen molar-refractivity contribution in [3.8, 4) is 0 Å². The molecule has 1 aliphatic heterocycles. The van der Waals surface area contributed by atoms with Crippen molar-refractivity contribution in [3.05, 3.63) is 18.7 Å². The zero-order chi connectivity index (χ0) is 13.0. The molecular weight excluding hydrogens is 230 g/mol. The average molecular weight is 251 g/mol. The molecule has 1 N–H and O–H groups in total. The number of carboxylic acids is 1. The van der Waals surface area contributed by atoms with Gasteiger partial charge in [-0.15, -0.1) is 0 Å². The fourth-order valence-corrected chi connectivity index (χ4v) is 2.80. The molecule has 0 spiro atoms. The van der Waals surface area contributed by atoms with Crippen molar-refractivity contribution in [2.45, 2.75) is 38.8 Å². The fourth-order valence-electron chi connectivity index (χ4n) is 2.80. The van der Waals surface area contributed by atoms with E-state index in [0.717, 1.165) is 38.9 Å². The normalized spacial score (nSPS) is 25.2. The van der Waals surface area contributed by atoms with Gasteiger partial charge in [0.05, 0.1) is 6.33 Å². The second-order valence-corrected chi connectivity index (χ2v) is 5.09. The Morgan fingerprint density at radius 1 is 1.50 bits per heavy atom. The maximum absolute atomic E-state index is 11.3. The molecule has 100 valence electrons. The van der Waals surface area contributed by atoms with E-state index in [-0.39, 0.29) is 12.0 Å². The molecule has 0 aliphatic carbocycles. The number of imidazole rings is 1. The van der Waals surface area contributed by atoms with Gasteiger partial charge in [0.25, 0.3) is 0 Å². The summed E-state index contributed by atoms with van der Waals surface area (Å²) in [6, 6.07) is -0.304. The van der Waals surface area contributed by atoms with E-state index in [0.29, 0.717) is 0 Å². The highest BCUT2D eigenvalue weighted by molar-refractivity contribution is 5.74. The molecule has 0 aromatic carbocycles. The number of aliphatic carboxylic acids is 1. The van der Waals surface area contributed by atoms with Gasteiger partial charge in [0, 0.05) is 25.5 Å². The van der Waals surface area contributed by atoms with Crippen molar-refractivity contribution < 1.29 is 9.90 Å². The van der Waals surface area contributed by atoms with E-state index >= 15 is 0 Å². The van der Waals surface area contributed by atoms with Crippen LogP contribution in [0.15, 0.2) is 18.7 Å². The van der Waals surface area contributed by atoms with E-state index in [1.165, 1.54) is 0 Å². The highest BCUT2D eigenvalue weighted by atomic mass is 16.4. The number of carbonyl (C=O) groups is 1. The summed E-state index contributed by atoms with van der Waals surface area (Å²) in [6.07, 6.45) is 8.60. The molecule has 0 amide bonds. The smallest absolute Gasteiger partial charge is 0.321 e. The van der Waals surface area contributed by atoms with Crippen molar-refractivity contribution in [3.63, 3.8) is 0 Å². The summed E-state index contributed by atoms with van der Waals surface area (Å²) in [4.78, 5) is 17.4. The van der Waals surface area contributed by atoms with Crippen LogP contribution in [0.3, 0.4) is 0 Å². The first-order chi connectivity index (χ1) is 8.68. The van der Waals surface area contributed by atoms with Gasteiger partial charge in [0.2, 0.25) is 0 Å². The highest BCUT2D eigenvalue weighted by Crippen LogP contribution is 2.23. The van der Waals surface area contributed by atoms with Crippen molar-refractivity contribution in [2.75, 3.05) is 13.1 Å². The standard InChI is InChI=1S/C13H21N3O2/c1-11-4-2-7-16(12(11)13(17)18)8-3-6-15-9-5-14-10-15/h5,9-12H,2-4,6-8H2,1H3,(H,17,18). The molecule has 2 unspecified atom stereocenters. The lowest BCUT2D eigenvalue weighted by Gasteiger charge is -2.37. The number of nitrogens with zero attached hydrogens (tertiary/aromatic N) is 3. The van der Waals surface area contributed by atoms with Crippen LogP contribution in [0.1, 0.15) is 26.2 Å². The highest BCUT2D eigenvalue weighted by Gasteiger charge is 2.33. The van der Waals surface area contributed by atoms with Gasteiger partial charge in [-0.25, -0.2) is 4.98 Å². The van der Waals surface area contributed by atoms with Crippen LogP contribution in [-0.4, -0.2) is 44.7 Å². The number of hydrogen-bond donors (Lipinski definition) is 1. The average Bonchev–Trinajstić information content (AvgIpc) is 2.81. The van der Waals surface area contributed by atoms with E-state index in [1.807, 2.05) is 17.7 Å². The number of piperidine rings is 1. The zero-order valence-electron chi connectivity index (χ0n) is 10.8. The molecular formula is C13H21N3O2. The third-order valence-corrected chi connectivity index (χ3v) is 3.71. The van der Waals surface area contributed by atoms with E-state index in [2.05, 4.69) is 9.88 Å². The predicted octanol–water partition coefficient (Wildman–Crippen LogP) is 1.46. The molecule has 0 bridgehead atoms. The van der Waals surface area contributed by atoms with Crippen LogP contribution in [0.25, 0.3) is 0 Å². The van der Waals surface area contributed by atoms with Gasteiger partial charge in [0.15, 0.2) is 0 Å². The minimum Gasteiger partial charge on any atom is -0.480 e. The third kappa shape index (κ3) is 3.10. The van der Waals surface area contributed by atoms with Crippen molar-refractivity contribution in [1.29, 1.82) is 0 Å². The lowest BCUT2D eigenvalue weighted by Crippen LogP contribution is -2.49. The largest absolute Gasteiger partial charge is 0.480 e. The summed E-state index contributed by atoms with van der Waals surface area (Å²) in [5, 5.41) is 9.31. The topological polar surface area (TPSA) is 58.4 Å². The first-order valence-electron chi connectivity index (χ1n) is 6.61. The Kier molecular flexibility index (Phi) is 4.36. The van der Waals surface area contributed by atoms with Gasteiger partial charge in [-0.3, -0.25) is 9.69 Å². The number of aromatic nitrogens is 2. The summed E-state index contributed by atoms with van der Waals surface area (Å²) in [6.45, 7) is 4.70. The monoisotopic (exact) mass is 251 g/mol. The quantitative estimate of drug-likeness (QED) is 0.860. The van der Waals surface area contributed by atoms with Crippen LogP contribution >= 0.6 is 0 Å². The first kappa shape index (κ1) is 13.1. The number of aryl methyl sites for hydroxylation is 1. The lowest BCUT2D eigenvalue weighted by molar-refractivity contribution is -0.146. The van der Waals surface area contributed by atoms with Crippen LogP contribution in [0.2, 0.25) is 0 Å². The van der Waals surface area contributed by atoms with Gasteiger partial charge < -0.3 is 9.67 Å². The molecule has 18 heavy (non-hydrogen) atoms. The molecule has 2 heterocycles. The van der Waals surface area contributed by atoms with Crippen LogP contribution < -0.4 is 0 Å². The van der Waals surface area contributed by atoms with Crippen LogP contribution in [0, 0.1) is 5.92 Å². The maximum atomic E-state index is 11.3. The number of likely N-dealkylation sites (tertiary alicyclic amines) is 1. The Bertz CT molecular complexity index is 378. The van der Waals surface area contributed by atoms with Crippen LogP contribution in [0.4, 0.5) is 0 Å². The van der Waals surface area contributed by atoms with E-state index in [1.54, 1.807) is 12.5 Å². The van der Waals surface area contributed by atoms with E-state index < -0.39 is 5.97 Å². The number of rotatable bonds is 5. The molecule has 5 heteroatoms. The van der Waals surface area contributed by atoms with Gasteiger partial charge in [-0.1, -0.05) is 6.92 Å². The summed E-state index contributed by atoms with van der Waals surface area (Å²) in [5.41, 5.74) is 0. The summed E-state index contributed by atoms with van der Waals surface area (Å²) >= 11 is 0. The van der Waals surface area contributed by atoms with Crippen molar-refractivity contribution in [1.82, 2.24) is 14.5 Å². The van der Waals surface area contributed by atoms with E-state index in [4.69, 9.17) is 0 Å². The van der Waals surface area contributed by atoms with Gasteiger partial charge in [-0.05, 0) is 31.7 Å². The molecule has 1 saturated heterocycles. The summed E-state index contributed by atoms with van der Waals surface area (Å²) in [5.74, 6) is -0.422. The predicted molar refractivity (Wildman–Crippen MR) is 68.2 cm³/mol. The van der Waals surface area contributed by atoms with Gasteiger partial charge in [0.1, 0.15) is 6.04 Å². The fraction of sp³-hybridized carbons (Fsp3) is 0.692. The lowest BCUT2D eigenvalue weighted by atomic mass is 9.90. The second-order valence-electron chi connectivity index (χ2n) is 5.09. The summed E-state index contributed by atoms with van der Waals surface area (Å²) in [7, 11) is 0. The third-order valence-electron chi connectivity index (χ3n) is 3.71. The van der Waals surface area contributed by atoms with Crippen molar-refractivity contribution >= 4 is 5.97 Å². The summed E-state index contributed by atoms with van der Waals surface area (Å²) < 4.78 is 2.03. The Morgan fingerprint density at radius 2 is 2.33 bits per heavy atom. The molecule has 1 aliphatic rings. The molecule has 0 radical (unpaired) electrons. The molecule has 1 fully saturated rings. The van der Waals surface area contributed by atoms with Crippen LogP contribution in [0.5, 0.6) is 0 Å². The van der Waals surface area contributed by atoms with Gasteiger partial charge in [-0.2, -0.15) is 0 Å². The number of carboxylic acid groups (broad SMARTS) is 1. The Labute approximate surface area is 107 Å². The molecule has 1 aromatic rings. The zero-order valence-corrected chi connectivity index (χ0v) is 10.8. The molecule has 2 rings (SSSR count). The Morgan fingerprint density at radius 3 is 3.00 bits per heavy atom. The molecule has 1 aromatic heterocycles. The van der Waals surface area contributed by atoms with Crippen LogP contribution in [-0.2, 0) is 11.3 Å². The molecule has 5 nitrogen and oxygen atoms in total. The Hall–Kier alpha value is -1.36. The maximum Gasteiger partial charge on any atom is 0.321 e. The van der Waals surface area contributed by atoms with Crippen molar-refractivity contribution in [2.24, 2.45) is 5.92 Å². The van der Waals surface area contributed by atoms with Gasteiger partial charge >= 0.3 is 5.97 Å². The molecule has 0 saturated carbocycles.